The molecule has 5 nitrogen and oxygen atoms in total. The van der Waals surface area contributed by atoms with Crippen molar-refractivity contribution < 1.29 is 9.21 Å². The van der Waals surface area contributed by atoms with Crippen molar-refractivity contribution in [2.75, 3.05) is 5.32 Å². The lowest BCUT2D eigenvalue weighted by molar-refractivity contribution is 0.102. The van der Waals surface area contributed by atoms with Crippen molar-refractivity contribution in [3.8, 4) is 0 Å². The van der Waals surface area contributed by atoms with Crippen molar-refractivity contribution in [2.45, 2.75) is 13.8 Å². The summed E-state index contributed by atoms with van der Waals surface area (Å²) in [5, 5.41) is 2.85. The first kappa shape index (κ1) is 11.9. The molecule has 0 radical (unpaired) electrons. The Morgan fingerprint density at radius 2 is 2.16 bits per heavy atom. The SMILES string of the molecule is Cc1cc(C(=O)Nc2cccc3nsnc23)c(C)o1. The van der Waals surface area contributed by atoms with Gasteiger partial charge in [-0.05, 0) is 32.0 Å². The quantitative estimate of drug-likeness (QED) is 0.778. The van der Waals surface area contributed by atoms with Crippen LogP contribution in [0.4, 0.5) is 5.69 Å². The van der Waals surface area contributed by atoms with Crippen LogP contribution >= 0.6 is 11.7 Å². The van der Waals surface area contributed by atoms with Gasteiger partial charge in [-0.25, -0.2) is 0 Å². The Kier molecular flexibility index (Phi) is 2.79. The number of carbonyl (C=O) groups excluding carboxylic acids is 1. The van der Waals surface area contributed by atoms with E-state index in [2.05, 4.69) is 14.1 Å². The Labute approximate surface area is 113 Å². The lowest BCUT2D eigenvalue weighted by Gasteiger charge is -2.04. The van der Waals surface area contributed by atoms with Crippen molar-refractivity contribution >= 4 is 34.4 Å². The highest BCUT2D eigenvalue weighted by Gasteiger charge is 2.15. The first-order valence-corrected chi connectivity index (χ1v) is 6.48. The van der Waals surface area contributed by atoms with Crippen LogP contribution in [0.5, 0.6) is 0 Å². The zero-order valence-corrected chi connectivity index (χ0v) is 11.2. The number of aryl methyl sites for hydroxylation is 2. The van der Waals surface area contributed by atoms with Crippen LogP contribution in [0.3, 0.4) is 0 Å². The summed E-state index contributed by atoms with van der Waals surface area (Å²) >= 11 is 1.13. The summed E-state index contributed by atoms with van der Waals surface area (Å²) in [5.41, 5.74) is 2.69. The van der Waals surface area contributed by atoms with Gasteiger partial charge in [0.05, 0.1) is 23.0 Å². The smallest absolute Gasteiger partial charge is 0.259 e. The number of benzene rings is 1. The summed E-state index contributed by atoms with van der Waals surface area (Å²) in [6.07, 6.45) is 0. The molecule has 2 heterocycles. The maximum atomic E-state index is 12.2. The molecule has 0 aliphatic rings. The van der Waals surface area contributed by atoms with Gasteiger partial charge in [0.2, 0.25) is 0 Å². The van der Waals surface area contributed by atoms with E-state index in [1.165, 1.54) is 0 Å². The lowest BCUT2D eigenvalue weighted by atomic mass is 10.2. The monoisotopic (exact) mass is 273 g/mol. The third-order valence-corrected chi connectivity index (χ3v) is 3.36. The van der Waals surface area contributed by atoms with Gasteiger partial charge in [-0.1, -0.05) is 6.07 Å². The van der Waals surface area contributed by atoms with Crippen molar-refractivity contribution in [3.63, 3.8) is 0 Å². The van der Waals surface area contributed by atoms with Crippen LogP contribution in [-0.4, -0.2) is 14.7 Å². The average Bonchev–Trinajstić information content (AvgIpc) is 2.96. The predicted octanol–water partition coefficient (Wildman–Crippen LogP) is 3.15. The average molecular weight is 273 g/mol. The molecule has 1 N–H and O–H groups in total. The summed E-state index contributed by atoms with van der Waals surface area (Å²) in [6, 6.07) is 7.24. The summed E-state index contributed by atoms with van der Waals surface area (Å²) < 4.78 is 13.7. The summed E-state index contributed by atoms with van der Waals surface area (Å²) in [5.74, 6) is 1.13. The number of anilines is 1. The molecule has 0 unspecified atom stereocenters. The molecule has 0 aliphatic heterocycles. The Morgan fingerprint density at radius 3 is 2.89 bits per heavy atom. The van der Waals surface area contributed by atoms with E-state index in [0.29, 0.717) is 22.5 Å². The van der Waals surface area contributed by atoms with E-state index < -0.39 is 0 Å². The van der Waals surface area contributed by atoms with Gasteiger partial charge >= 0.3 is 0 Å². The predicted molar refractivity (Wildman–Crippen MR) is 73.6 cm³/mol. The molecular formula is C13H11N3O2S. The topological polar surface area (TPSA) is 68.0 Å². The molecule has 2 aromatic heterocycles. The van der Waals surface area contributed by atoms with Crippen molar-refractivity contribution in [2.24, 2.45) is 0 Å². The van der Waals surface area contributed by atoms with Gasteiger partial charge in [-0.15, -0.1) is 0 Å². The fourth-order valence-corrected chi connectivity index (χ4v) is 2.50. The number of carbonyl (C=O) groups is 1. The zero-order valence-electron chi connectivity index (χ0n) is 10.4. The molecule has 1 amide bonds. The molecule has 96 valence electrons. The second-order valence-corrected chi connectivity index (χ2v) is 4.75. The van der Waals surface area contributed by atoms with Gasteiger partial charge < -0.3 is 9.73 Å². The normalized spacial score (nSPS) is 10.8. The highest BCUT2D eigenvalue weighted by atomic mass is 32.1. The van der Waals surface area contributed by atoms with Gasteiger partial charge in [0.1, 0.15) is 22.6 Å². The Morgan fingerprint density at radius 1 is 1.32 bits per heavy atom. The molecule has 0 fully saturated rings. The minimum Gasteiger partial charge on any atom is -0.466 e. The third-order valence-electron chi connectivity index (χ3n) is 2.82. The van der Waals surface area contributed by atoms with Crippen molar-refractivity contribution in [3.05, 3.63) is 41.3 Å². The maximum absolute atomic E-state index is 12.2. The zero-order chi connectivity index (χ0) is 13.4. The second kappa shape index (κ2) is 4.47. The van der Waals surface area contributed by atoms with E-state index in [0.717, 1.165) is 23.0 Å². The van der Waals surface area contributed by atoms with Gasteiger partial charge in [-0.3, -0.25) is 4.79 Å². The fourth-order valence-electron chi connectivity index (χ4n) is 1.95. The molecule has 1 aromatic carbocycles. The number of nitrogens with zero attached hydrogens (tertiary/aromatic N) is 2. The van der Waals surface area contributed by atoms with Gasteiger partial charge in [0.25, 0.3) is 5.91 Å². The highest BCUT2D eigenvalue weighted by Crippen LogP contribution is 2.22. The van der Waals surface area contributed by atoms with E-state index in [9.17, 15) is 4.79 Å². The van der Waals surface area contributed by atoms with E-state index in [-0.39, 0.29) is 5.91 Å². The number of hydrogen-bond donors (Lipinski definition) is 1. The fraction of sp³-hybridized carbons (Fsp3) is 0.154. The van der Waals surface area contributed by atoms with Crippen LogP contribution in [0.1, 0.15) is 21.9 Å². The molecule has 3 aromatic rings. The van der Waals surface area contributed by atoms with Crippen molar-refractivity contribution in [1.29, 1.82) is 0 Å². The van der Waals surface area contributed by atoms with Crippen LogP contribution < -0.4 is 5.32 Å². The summed E-state index contributed by atoms with van der Waals surface area (Å²) in [4.78, 5) is 12.2. The number of rotatable bonds is 2. The molecule has 0 saturated heterocycles. The Balaban J connectivity index is 1.95. The molecule has 6 heteroatoms. The van der Waals surface area contributed by atoms with Gasteiger partial charge in [-0.2, -0.15) is 8.75 Å². The first-order valence-electron chi connectivity index (χ1n) is 5.75. The van der Waals surface area contributed by atoms with Crippen molar-refractivity contribution in [1.82, 2.24) is 8.75 Å². The second-order valence-electron chi connectivity index (χ2n) is 4.22. The molecule has 0 bridgehead atoms. The van der Waals surface area contributed by atoms with Crippen LogP contribution in [0, 0.1) is 13.8 Å². The van der Waals surface area contributed by atoms with E-state index in [4.69, 9.17) is 4.42 Å². The first-order chi connectivity index (χ1) is 9.15. The summed E-state index contributed by atoms with van der Waals surface area (Å²) in [7, 11) is 0. The van der Waals surface area contributed by atoms with Gasteiger partial charge in [0, 0.05) is 0 Å². The minimum atomic E-state index is -0.199. The van der Waals surface area contributed by atoms with Crippen LogP contribution in [0.15, 0.2) is 28.7 Å². The standard InChI is InChI=1S/C13H11N3O2S/c1-7-6-9(8(2)18-7)13(17)14-10-4-3-5-11-12(10)16-19-15-11/h3-6H,1-2H3,(H,14,17). The lowest BCUT2D eigenvalue weighted by Crippen LogP contribution is -2.12. The largest absolute Gasteiger partial charge is 0.466 e. The third kappa shape index (κ3) is 2.10. The molecule has 0 saturated carbocycles. The minimum absolute atomic E-state index is 0.199. The number of nitrogens with one attached hydrogen (secondary N) is 1. The van der Waals surface area contributed by atoms with Gasteiger partial charge in [0.15, 0.2) is 0 Å². The number of hydrogen-bond acceptors (Lipinski definition) is 5. The number of furan rings is 1. The highest BCUT2D eigenvalue weighted by molar-refractivity contribution is 7.00. The summed E-state index contributed by atoms with van der Waals surface area (Å²) in [6.45, 7) is 3.59. The van der Waals surface area contributed by atoms with E-state index >= 15 is 0 Å². The van der Waals surface area contributed by atoms with Crippen LogP contribution in [0.25, 0.3) is 11.0 Å². The molecule has 19 heavy (non-hydrogen) atoms. The molecular weight excluding hydrogens is 262 g/mol. The van der Waals surface area contributed by atoms with Crippen LogP contribution in [0.2, 0.25) is 0 Å². The van der Waals surface area contributed by atoms with E-state index in [1.54, 1.807) is 13.0 Å². The molecule has 3 rings (SSSR count). The number of amides is 1. The number of aromatic nitrogens is 2. The number of fused-ring (bicyclic) bond motifs is 1. The molecule has 0 spiro atoms. The van der Waals surface area contributed by atoms with E-state index in [1.807, 2.05) is 25.1 Å². The maximum Gasteiger partial charge on any atom is 0.259 e. The Hall–Kier alpha value is -2.21. The molecule has 0 atom stereocenters. The van der Waals surface area contributed by atoms with Crippen LogP contribution in [-0.2, 0) is 0 Å². The Bertz CT molecular complexity index is 760. The molecule has 0 aliphatic carbocycles.